The molecule has 0 aliphatic heterocycles. The zero-order valence-corrected chi connectivity index (χ0v) is 51.1. The lowest BCUT2D eigenvalue weighted by Crippen LogP contribution is -2.30. The van der Waals surface area contributed by atoms with Crippen molar-refractivity contribution in [2.24, 2.45) is 0 Å². The molecule has 12 heteroatoms. The van der Waals surface area contributed by atoms with Crippen molar-refractivity contribution in [2.75, 3.05) is 26.4 Å². The van der Waals surface area contributed by atoms with Gasteiger partial charge in [-0.05, 0) is 96.3 Å². The van der Waals surface area contributed by atoms with Crippen LogP contribution in [0.15, 0.2) is 134 Å². The van der Waals surface area contributed by atoms with Crippen molar-refractivity contribution in [3.8, 4) is 0 Å². The first-order chi connectivity index (χ1) is 39.2. The van der Waals surface area contributed by atoms with Crippen LogP contribution in [0.1, 0.15) is 239 Å². The van der Waals surface area contributed by atoms with Gasteiger partial charge < -0.3 is 24.2 Å². The zero-order chi connectivity index (χ0) is 58.3. The smallest absolute Gasteiger partial charge is 0.462 e. The van der Waals surface area contributed by atoms with E-state index in [0.29, 0.717) is 25.7 Å². The molecule has 11 nitrogen and oxygen atoms in total. The molecule has 0 aromatic carbocycles. The molecule has 0 rings (SSSR count). The molecule has 3 unspecified atom stereocenters. The Hall–Kier alpha value is -4.38. The second-order valence-electron chi connectivity index (χ2n) is 20.1. The number of unbranched alkanes of at least 4 members (excludes halogenated alkanes) is 17. The van der Waals surface area contributed by atoms with Gasteiger partial charge in [-0.3, -0.25) is 23.4 Å². The number of phosphoric ester groups is 1. The van der Waals surface area contributed by atoms with E-state index < -0.39 is 64.4 Å². The SMILES string of the molecule is CC/C=C\C/C=C\C/C=C\C/C=C\C/C=C\C/C=C\CCC(=O)OCC(COP(=O)(O)OCC(CO)OC(=O)CCCCCCCCCCCCCCCCCCC)OC(=O)CCC/C=C\C/C=C\C/C=C\C/C=C\C/C=C\CC. The Balaban J connectivity index is 4.88. The van der Waals surface area contributed by atoms with Crippen molar-refractivity contribution >= 4 is 25.7 Å². The van der Waals surface area contributed by atoms with Gasteiger partial charge in [0.15, 0.2) is 6.10 Å². The fraction of sp³-hybridized carbons (Fsp3) is 0.632. The summed E-state index contributed by atoms with van der Waals surface area (Å²) < 4.78 is 39.5. The summed E-state index contributed by atoms with van der Waals surface area (Å²) in [5.41, 5.74) is 0. The lowest BCUT2D eigenvalue weighted by atomic mass is 10.0. The molecule has 0 heterocycles. The van der Waals surface area contributed by atoms with E-state index in [-0.39, 0.29) is 19.3 Å². The lowest BCUT2D eigenvalue weighted by Gasteiger charge is -2.21. The normalized spacial score (nSPS) is 14.2. The van der Waals surface area contributed by atoms with Gasteiger partial charge in [-0.15, -0.1) is 0 Å². The van der Waals surface area contributed by atoms with Crippen molar-refractivity contribution in [1.29, 1.82) is 0 Å². The maximum atomic E-state index is 12.9. The van der Waals surface area contributed by atoms with Crippen LogP contribution in [0.3, 0.4) is 0 Å². The average molecular weight is 1140 g/mol. The van der Waals surface area contributed by atoms with E-state index in [0.717, 1.165) is 89.9 Å². The maximum Gasteiger partial charge on any atom is 0.472 e. The second kappa shape index (κ2) is 60.7. The Morgan fingerprint density at radius 1 is 0.362 bits per heavy atom. The van der Waals surface area contributed by atoms with Crippen LogP contribution in [0.5, 0.6) is 0 Å². The molecule has 0 radical (unpaired) electrons. The van der Waals surface area contributed by atoms with Crippen molar-refractivity contribution in [3.63, 3.8) is 0 Å². The number of rotatable bonds is 56. The second-order valence-corrected chi connectivity index (χ2v) is 21.6. The summed E-state index contributed by atoms with van der Waals surface area (Å²) in [7, 11) is -4.79. The Bertz CT molecular complexity index is 1850. The van der Waals surface area contributed by atoms with Crippen molar-refractivity contribution in [2.45, 2.75) is 251 Å². The minimum absolute atomic E-state index is 0.0672. The topological polar surface area (TPSA) is 155 Å². The Morgan fingerprint density at radius 2 is 0.675 bits per heavy atom. The van der Waals surface area contributed by atoms with E-state index in [9.17, 15) is 28.9 Å². The molecule has 0 aliphatic carbocycles. The van der Waals surface area contributed by atoms with Crippen LogP contribution in [0, 0.1) is 0 Å². The quantitative estimate of drug-likeness (QED) is 0.0197. The minimum Gasteiger partial charge on any atom is -0.462 e. The fourth-order valence-electron chi connectivity index (χ4n) is 7.95. The molecule has 0 aliphatic rings. The highest BCUT2D eigenvalue weighted by atomic mass is 31.2. The first-order valence-corrected chi connectivity index (χ1v) is 32.6. The third kappa shape index (κ3) is 58.3. The molecule has 0 bridgehead atoms. The number of ether oxygens (including phenoxy) is 3. The standard InChI is InChI=1S/C68H111O11P/c1-4-7-10-13-16-19-22-25-28-31-32-35-36-39-42-45-48-51-54-57-66(70)75-61-65(79-68(72)59-56-53-50-47-44-41-38-34-30-27-24-21-18-15-12-9-6-3)63-77-80(73,74)76-62-64(60-69)78-67(71)58-55-52-49-46-43-40-37-33-29-26-23-20-17-14-11-8-5-2/h7,9-10,12,16,18-19,21,25,27-28,30,32,35,38-39,41-42,47-48,50-51,64-65,69H,4-6,8,11,13-15,17,20,22-24,26,29,31,33-34,36-37,40,43-46,49,52-63H2,1-3H3,(H,73,74)/b10-7-,12-9-,19-16-,21-18-,28-25-,30-27-,35-32-,41-38-,42-39-,50-47-,51-48-. The summed E-state index contributed by atoms with van der Waals surface area (Å²) in [6.07, 6.45) is 77.2. The van der Waals surface area contributed by atoms with E-state index in [1.165, 1.54) is 83.5 Å². The van der Waals surface area contributed by atoms with Gasteiger partial charge in [0.2, 0.25) is 0 Å². The van der Waals surface area contributed by atoms with Gasteiger partial charge >= 0.3 is 25.7 Å². The number of esters is 3. The Kier molecular flexibility index (Phi) is 57.4. The van der Waals surface area contributed by atoms with E-state index in [1.54, 1.807) is 0 Å². The monoisotopic (exact) mass is 1130 g/mol. The van der Waals surface area contributed by atoms with Crippen LogP contribution in [0.2, 0.25) is 0 Å². The van der Waals surface area contributed by atoms with Crippen molar-refractivity contribution in [1.82, 2.24) is 0 Å². The molecule has 0 amide bonds. The number of phosphoric acid groups is 1. The van der Waals surface area contributed by atoms with E-state index in [4.69, 9.17) is 23.3 Å². The third-order valence-corrected chi connectivity index (χ3v) is 13.5. The Labute approximate surface area is 487 Å². The first kappa shape index (κ1) is 75.6. The molecule has 3 atom stereocenters. The van der Waals surface area contributed by atoms with Gasteiger partial charge in [0.05, 0.1) is 19.8 Å². The van der Waals surface area contributed by atoms with Crippen molar-refractivity contribution < 1.29 is 52.2 Å². The molecule has 80 heavy (non-hydrogen) atoms. The average Bonchev–Trinajstić information content (AvgIpc) is 3.45. The zero-order valence-electron chi connectivity index (χ0n) is 50.2. The molecule has 0 aromatic rings. The van der Waals surface area contributed by atoms with E-state index in [2.05, 4.69) is 130 Å². The number of aliphatic hydroxyl groups excluding tert-OH is 1. The molecule has 2 N–H and O–H groups in total. The first-order valence-electron chi connectivity index (χ1n) is 31.1. The lowest BCUT2D eigenvalue weighted by molar-refractivity contribution is -0.161. The number of carbonyl (C=O) groups is 3. The molecule has 0 saturated carbocycles. The number of hydrogen-bond acceptors (Lipinski definition) is 10. The van der Waals surface area contributed by atoms with Crippen LogP contribution in [-0.2, 0) is 42.2 Å². The molecule has 0 fully saturated rings. The molecule has 0 aromatic heterocycles. The predicted molar refractivity (Wildman–Crippen MR) is 334 cm³/mol. The van der Waals surface area contributed by atoms with Crippen LogP contribution in [-0.4, -0.2) is 66.5 Å². The van der Waals surface area contributed by atoms with Gasteiger partial charge in [-0.1, -0.05) is 257 Å². The van der Waals surface area contributed by atoms with Gasteiger partial charge in [-0.25, -0.2) is 4.57 Å². The summed E-state index contributed by atoms with van der Waals surface area (Å²) >= 11 is 0. The molecular formula is C68H111O11P. The number of carbonyl (C=O) groups excluding carboxylic acids is 3. The van der Waals surface area contributed by atoms with Gasteiger partial charge in [0.25, 0.3) is 0 Å². The highest BCUT2D eigenvalue weighted by Gasteiger charge is 2.28. The maximum absolute atomic E-state index is 12.9. The molecule has 0 saturated heterocycles. The van der Waals surface area contributed by atoms with E-state index >= 15 is 0 Å². The Morgan fingerprint density at radius 3 is 1.05 bits per heavy atom. The number of hydrogen-bond donors (Lipinski definition) is 2. The molecule has 0 spiro atoms. The summed E-state index contributed by atoms with van der Waals surface area (Å²) in [6.45, 7) is 4.28. The van der Waals surface area contributed by atoms with E-state index in [1.807, 2.05) is 24.3 Å². The number of aliphatic hydroxyl groups is 1. The minimum atomic E-state index is -4.79. The number of allylic oxidation sites excluding steroid dienone is 22. The predicted octanol–water partition coefficient (Wildman–Crippen LogP) is 18.9. The summed E-state index contributed by atoms with van der Waals surface area (Å²) in [5, 5.41) is 9.85. The largest absolute Gasteiger partial charge is 0.472 e. The van der Waals surface area contributed by atoms with Crippen LogP contribution in [0.25, 0.3) is 0 Å². The fourth-order valence-corrected chi connectivity index (χ4v) is 8.73. The van der Waals surface area contributed by atoms with Crippen LogP contribution < -0.4 is 0 Å². The van der Waals surface area contributed by atoms with Crippen LogP contribution >= 0.6 is 7.82 Å². The van der Waals surface area contributed by atoms with Gasteiger partial charge in [-0.2, -0.15) is 0 Å². The van der Waals surface area contributed by atoms with Gasteiger partial charge in [0.1, 0.15) is 12.7 Å². The summed E-state index contributed by atoms with van der Waals surface area (Å²) in [4.78, 5) is 48.6. The summed E-state index contributed by atoms with van der Waals surface area (Å²) in [6, 6.07) is 0. The molecular weight excluding hydrogens is 1020 g/mol. The van der Waals surface area contributed by atoms with Gasteiger partial charge in [0, 0.05) is 19.3 Å². The third-order valence-electron chi connectivity index (χ3n) is 12.6. The molecule has 454 valence electrons. The van der Waals surface area contributed by atoms with Crippen molar-refractivity contribution in [3.05, 3.63) is 134 Å². The highest BCUT2D eigenvalue weighted by Crippen LogP contribution is 2.43. The highest BCUT2D eigenvalue weighted by molar-refractivity contribution is 7.47. The summed E-state index contributed by atoms with van der Waals surface area (Å²) in [5.74, 6) is -1.64. The van der Waals surface area contributed by atoms with Crippen LogP contribution in [0.4, 0.5) is 0 Å².